The number of ether oxygens (including phenoxy) is 1. The minimum absolute atomic E-state index is 0.249. The van der Waals surface area contributed by atoms with Crippen LogP contribution in [0.15, 0.2) is 30.6 Å². The third kappa shape index (κ3) is 2.50. The highest BCUT2D eigenvalue weighted by Crippen LogP contribution is 2.19. The first-order valence-electron chi connectivity index (χ1n) is 5.37. The third-order valence-electron chi connectivity index (χ3n) is 2.33. The van der Waals surface area contributed by atoms with Gasteiger partial charge in [-0.1, -0.05) is 12.1 Å². The Hall–Kier alpha value is -2.31. The van der Waals surface area contributed by atoms with Gasteiger partial charge in [0.05, 0.1) is 6.61 Å². The molecule has 94 valence electrons. The highest BCUT2D eigenvalue weighted by Gasteiger charge is 2.25. The molecule has 0 aliphatic rings. The molecule has 1 unspecified atom stereocenters. The Kier molecular flexibility index (Phi) is 3.61. The fourth-order valence-electron chi connectivity index (χ4n) is 1.55. The number of nitrogens with zero attached hydrogens (tertiary/aromatic N) is 4. The summed E-state index contributed by atoms with van der Waals surface area (Å²) in [6.45, 7) is 1.96. The molecule has 0 fully saturated rings. The second-order valence-electron chi connectivity index (χ2n) is 3.50. The van der Waals surface area contributed by atoms with Crippen molar-refractivity contribution in [2.24, 2.45) is 0 Å². The maximum Gasteiger partial charge on any atom is 0.335 e. The summed E-state index contributed by atoms with van der Waals surface area (Å²) in [5, 5.41) is 10.6. The number of carbonyl (C=O) groups is 1. The number of esters is 1. The second-order valence-corrected chi connectivity index (χ2v) is 3.50. The van der Waals surface area contributed by atoms with Gasteiger partial charge in [0, 0.05) is 0 Å². The van der Waals surface area contributed by atoms with Gasteiger partial charge in [-0.05, 0) is 35.0 Å². The molecule has 7 heteroatoms. The summed E-state index contributed by atoms with van der Waals surface area (Å²) in [4.78, 5) is 11.9. The van der Waals surface area contributed by atoms with Gasteiger partial charge in [0.2, 0.25) is 0 Å². The molecule has 1 aromatic carbocycles. The topological polar surface area (TPSA) is 69.9 Å². The average molecular weight is 250 g/mol. The molecular formula is C11H11FN4O2. The van der Waals surface area contributed by atoms with Crippen LogP contribution in [0.5, 0.6) is 0 Å². The molecule has 6 nitrogen and oxygen atoms in total. The van der Waals surface area contributed by atoms with Crippen LogP contribution in [-0.2, 0) is 9.53 Å². The normalized spacial score (nSPS) is 12.1. The Labute approximate surface area is 102 Å². The van der Waals surface area contributed by atoms with Crippen LogP contribution in [0.3, 0.4) is 0 Å². The van der Waals surface area contributed by atoms with Gasteiger partial charge >= 0.3 is 5.97 Å². The summed E-state index contributed by atoms with van der Waals surface area (Å²) in [6.07, 6.45) is 1.31. The van der Waals surface area contributed by atoms with E-state index in [1.807, 2.05) is 0 Å². The lowest BCUT2D eigenvalue weighted by Crippen LogP contribution is -2.23. The summed E-state index contributed by atoms with van der Waals surface area (Å²) in [5.41, 5.74) is 0.558. The van der Waals surface area contributed by atoms with Crippen molar-refractivity contribution in [3.05, 3.63) is 42.0 Å². The van der Waals surface area contributed by atoms with Crippen LogP contribution < -0.4 is 0 Å². The van der Waals surface area contributed by atoms with Crippen molar-refractivity contribution in [3.63, 3.8) is 0 Å². The lowest BCUT2D eigenvalue weighted by molar-refractivity contribution is -0.146. The zero-order chi connectivity index (χ0) is 13.0. The lowest BCUT2D eigenvalue weighted by atomic mass is 10.1. The molecule has 0 bridgehead atoms. The Morgan fingerprint density at radius 3 is 2.72 bits per heavy atom. The van der Waals surface area contributed by atoms with Crippen molar-refractivity contribution in [2.75, 3.05) is 6.61 Å². The summed E-state index contributed by atoms with van der Waals surface area (Å²) >= 11 is 0. The molecule has 0 saturated heterocycles. The van der Waals surface area contributed by atoms with Crippen LogP contribution in [0.2, 0.25) is 0 Å². The zero-order valence-corrected chi connectivity index (χ0v) is 9.65. The van der Waals surface area contributed by atoms with E-state index < -0.39 is 12.0 Å². The van der Waals surface area contributed by atoms with Crippen LogP contribution in [0.4, 0.5) is 4.39 Å². The summed E-state index contributed by atoms with van der Waals surface area (Å²) in [6, 6.07) is 4.73. The predicted octanol–water partition coefficient (Wildman–Crippen LogP) is 0.965. The van der Waals surface area contributed by atoms with E-state index in [-0.39, 0.29) is 12.4 Å². The van der Waals surface area contributed by atoms with Crippen LogP contribution >= 0.6 is 0 Å². The van der Waals surface area contributed by atoms with Crippen molar-refractivity contribution in [3.8, 4) is 0 Å². The Morgan fingerprint density at radius 1 is 1.44 bits per heavy atom. The van der Waals surface area contributed by atoms with Crippen molar-refractivity contribution in [1.82, 2.24) is 20.2 Å². The number of hydrogen-bond donors (Lipinski definition) is 0. The van der Waals surface area contributed by atoms with Gasteiger partial charge in [-0.3, -0.25) is 0 Å². The second kappa shape index (κ2) is 5.35. The van der Waals surface area contributed by atoms with E-state index in [9.17, 15) is 9.18 Å². The highest BCUT2D eigenvalue weighted by atomic mass is 19.1. The number of hydrogen-bond acceptors (Lipinski definition) is 5. The SMILES string of the molecule is CCOC(=O)C(c1ccc(F)cc1)n1cnnn1. The highest BCUT2D eigenvalue weighted by molar-refractivity contribution is 5.77. The molecule has 0 radical (unpaired) electrons. The van der Waals surface area contributed by atoms with Crippen LogP contribution in [0.25, 0.3) is 0 Å². The molecule has 0 amide bonds. The van der Waals surface area contributed by atoms with Crippen LogP contribution in [0.1, 0.15) is 18.5 Å². The van der Waals surface area contributed by atoms with E-state index in [2.05, 4.69) is 15.5 Å². The Bertz CT molecular complexity index is 512. The smallest absolute Gasteiger partial charge is 0.335 e. The molecule has 1 heterocycles. The fourth-order valence-corrected chi connectivity index (χ4v) is 1.55. The third-order valence-corrected chi connectivity index (χ3v) is 2.33. The van der Waals surface area contributed by atoms with Gasteiger partial charge in [-0.15, -0.1) is 5.10 Å². The predicted molar refractivity (Wildman–Crippen MR) is 59.0 cm³/mol. The molecule has 0 spiro atoms. The van der Waals surface area contributed by atoms with E-state index in [0.717, 1.165) is 0 Å². The number of carbonyl (C=O) groups excluding carboxylic acids is 1. The largest absolute Gasteiger partial charge is 0.464 e. The fraction of sp³-hybridized carbons (Fsp3) is 0.273. The minimum Gasteiger partial charge on any atom is -0.464 e. The van der Waals surface area contributed by atoms with E-state index in [1.165, 1.54) is 35.3 Å². The quantitative estimate of drug-likeness (QED) is 0.756. The molecule has 1 atom stereocenters. The van der Waals surface area contributed by atoms with E-state index in [4.69, 9.17) is 4.74 Å². The molecule has 18 heavy (non-hydrogen) atoms. The molecular weight excluding hydrogens is 239 g/mol. The number of benzene rings is 1. The number of aromatic nitrogens is 4. The first-order chi connectivity index (χ1) is 8.72. The lowest BCUT2D eigenvalue weighted by Gasteiger charge is -2.14. The Balaban J connectivity index is 2.36. The van der Waals surface area contributed by atoms with Crippen molar-refractivity contribution in [2.45, 2.75) is 13.0 Å². The summed E-state index contributed by atoms with van der Waals surface area (Å²) in [5.74, 6) is -0.866. The number of halogens is 1. The molecule has 1 aromatic heterocycles. The summed E-state index contributed by atoms with van der Waals surface area (Å²) < 4.78 is 19.1. The van der Waals surface area contributed by atoms with Crippen LogP contribution in [0, 0.1) is 5.82 Å². The minimum atomic E-state index is -0.805. The monoisotopic (exact) mass is 250 g/mol. The van der Waals surface area contributed by atoms with Gasteiger partial charge in [0.1, 0.15) is 12.1 Å². The molecule has 0 N–H and O–H groups in total. The van der Waals surface area contributed by atoms with Crippen LogP contribution in [-0.4, -0.2) is 32.8 Å². The first-order valence-corrected chi connectivity index (χ1v) is 5.37. The standard InChI is InChI=1S/C11H11FN4O2/c1-2-18-11(17)10(16-7-13-14-15-16)8-3-5-9(12)6-4-8/h3-7,10H,2H2,1H3. The molecule has 0 aliphatic carbocycles. The van der Waals surface area contributed by atoms with Crippen molar-refractivity contribution >= 4 is 5.97 Å². The summed E-state index contributed by atoms with van der Waals surface area (Å²) in [7, 11) is 0. The van der Waals surface area contributed by atoms with Gasteiger partial charge in [0.15, 0.2) is 6.04 Å². The van der Waals surface area contributed by atoms with Crippen molar-refractivity contribution in [1.29, 1.82) is 0 Å². The van der Waals surface area contributed by atoms with E-state index in [0.29, 0.717) is 5.56 Å². The van der Waals surface area contributed by atoms with Gasteiger partial charge in [0.25, 0.3) is 0 Å². The maximum atomic E-state index is 12.9. The molecule has 2 rings (SSSR count). The Morgan fingerprint density at radius 2 is 2.17 bits per heavy atom. The van der Waals surface area contributed by atoms with Crippen molar-refractivity contribution < 1.29 is 13.9 Å². The van der Waals surface area contributed by atoms with E-state index >= 15 is 0 Å². The first kappa shape index (κ1) is 12.2. The molecule has 0 saturated carbocycles. The van der Waals surface area contributed by atoms with Gasteiger partial charge in [-0.25, -0.2) is 13.9 Å². The maximum absolute atomic E-state index is 12.9. The molecule has 2 aromatic rings. The number of tetrazole rings is 1. The average Bonchev–Trinajstić information content (AvgIpc) is 2.86. The van der Waals surface area contributed by atoms with Gasteiger partial charge < -0.3 is 4.74 Å². The molecule has 0 aliphatic heterocycles. The van der Waals surface area contributed by atoms with E-state index in [1.54, 1.807) is 6.92 Å². The number of rotatable bonds is 4. The van der Waals surface area contributed by atoms with Gasteiger partial charge in [-0.2, -0.15) is 0 Å². The zero-order valence-electron chi connectivity index (χ0n) is 9.65.